The Morgan fingerprint density at radius 1 is 1.30 bits per heavy atom. The lowest BCUT2D eigenvalue weighted by Gasteiger charge is -2.39. The molecular formula is C22H32BrNO3. The van der Waals surface area contributed by atoms with E-state index < -0.39 is 0 Å². The Hall–Kier alpha value is -1.07. The summed E-state index contributed by atoms with van der Waals surface area (Å²) >= 11 is 3.57. The molecule has 150 valence electrons. The molecule has 1 spiro atoms. The molecule has 1 saturated carbocycles. The molecule has 0 amide bonds. The topological polar surface area (TPSA) is 38.8 Å². The zero-order chi connectivity index (χ0) is 19.3. The van der Waals surface area contributed by atoms with Crippen LogP contribution in [0.5, 0.6) is 5.75 Å². The number of carbonyl (C=O) groups is 1. The summed E-state index contributed by atoms with van der Waals surface area (Å²) in [5.74, 6) is 1.68. The molecule has 3 rings (SSSR count). The van der Waals surface area contributed by atoms with E-state index >= 15 is 0 Å². The van der Waals surface area contributed by atoms with Gasteiger partial charge in [0.15, 0.2) is 0 Å². The largest absolute Gasteiger partial charge is 0.493 e. The van der Waals surface area contributed by atoms with Gasteiger partial charge >= 0.3 is 5.97 Å². The molecule has 0 N–H and O–H groups in total. The summed E-state index contributed by atoms with van der Waals surface area (Å²) in [6.45, 7) is 7.73. The number of piperidine rings is 1. The van der Waals surface area contributed by atoms with Crippen LogP contribution >= 0.6 is 15.9 Å². The molecule has 2 fully saturated rings. The third-order valence-electron chi connectivity index (χ3n) is 6.38. The summed E-state index contributed by atoms with van der Waals surface area (Å²) in [7, 11) is 0. The number of hydrogen-bond acceptors (Lipinski definition) is 4. The van der Waals surface area contributed by atoms with Gasteiger partial charge in [0.2, 0.25) is 0 Å². The molecule has 1 aromatic rings. The third kappa shape index (κ3) is 5.47. The van der Waals surface area contributed by atoms with Crippen molar-refractivity contribution in [3.63, 3.8) is 0 Å². The number of benzene rings is 1. The number of likely N-dealkylation sites (tertiary alicyclic amines) is 1. The van der Waals surface area contributed by atoms with Gasteiger partial charge in [0.1, 0.15) is 5.75 Å². The van der Waals surface area contributed by atoms with Crippen LogP contribution in [0.1, 0.15) is 51.0 Å². The van der Waals surface area contributed by atoms with E-state index in [1.54, 1.807) is 0 Å². The van der Waals surface area contributed by atoms with Crippen molar-refractivity contribution in [1.82, 2.24) is 4.90 Å². The number of carbonyl (C=O) groups excluding carboxylic acids is 1. The summed E-state index contributed by atoms with van der Waals surface area (Å²) in [5.41, 5.74) is 1.68. The second-order valence-electron chi connectivity index (χ2n) is 8.19. The molecule has 0 bridgehead atoms. The smallest absolute Gasteiger partial charge is 0.320 e. The molecule has 0 radical (unpaired) electrons. The maximum Gasteiger partial charge on any atom is 0.320 e. The minimum Gasteiger partial charge on any atom is -0.493 e. The van der Waals surface area contributed by atoms with Crippen molar-refractivity contribution in [2.24, 2.45) is 11.3 Å². The van der Waals surface area contributed by atoms with Gasteiger partial charge in [0.05, 0.1) is 19.8 Å². The van der Waals surface area contributed by atoms with Crippen LogP contribution in [0, 0.1) is 18.3 Å². The summed E-state index contributed by atoms with van der Waals surface area (Å²) in [5, 5.41) is 0. The quantitative estimate of drug-likeness (QED) is 0.564. The number of ether oxygens (including phenoxy) is 2. The van der Waals surface area contributed by atoms with Crippen LogP contribution in [0.4, 0.5) is 0 Å². The maximum atomic E-state index is 11.7. The number of esters is 1. The molecule has 2 aliphatic rings. The zero-order valence-electron chi connectivity index (χ0n) is 16.6. The van der Waals surface area contributed by atoms with Crippen molar-refractivity contribution in [2.75, 3.05) is 32.8 Å². The van der Waals surface area contributed by atoms with Gasteiger partial charge in [0, 0.05) is 10.0 Å². The van der Waals surface area contributed by atoms with Crippen molar-refractivity contribution in [3.05, 3.63) is 28.2 Å². The molecule has 1 aromatic carbocycles. The number of rotatable bonds is 7. The van der Waals surface area contributed by atoms with E-state index in [9.17, 15) is 4.79 Å². The van der Waals surface area contributed by atoms with E-state index in [1.165, 1.54) is 37.7 Å². The minimum absolute atomic E-state index is 0.0854. The molecule has 0 aromatic heterocycles. The third-order valence-corrected chi connectivity index (χ3v) is 7.24. The monoisotopic (exact) mass is 437 g/mol. The lowest BCUT2D eigenvalue weighted by molar-refractivity contribution is -0.145. The van der Waals surface area contributed by atoms with Gasteiger partial charge in [-0.3, -0.25) is 9.69 Å². The second kappa shape index (κ2) is 9.42. The second-order valence-corrected chi connectivity index (χ2v) is 9.04. The number of halogens is 1. The summed E-state index contributed by atoms with van der Waals surface area (Å²) in [6.07, 6.45) is 7.55. The Balaban J connectivity index is 1.40. The molecule has 1 saturated heterocycles. The van der Waals surface area contributed by atoms with Gasteiger partial charge in [-0.2, -0.15) is 0 Å². The van der Waals surface area contributed by atoms with Crippen molar-refractivity contribution in [1.29, 1.82) is 0 Å². The van der Waals surface area contributed by atoms with E-state index in [0.29, 0.717) is 18.6 Å². The van der Waals surface area contributed by atoms with E-state index in [4.69, 9.17) is 9.47 Å². The highest BCUT2D eigenvalue weighted by Gasteiger charge is 2.41. The molecule has 1 aliphatic heterocycles. The average molecular weight is 438 g/mol. The number of nitrogens with zero attached hydrogens (tertiary/aromatic N) is 1. The highest BCUT2D eigenvalue weighted by Crippen LogP contribution is 2.49. The fraction of sp³-hybridized carbons (Fsp3) is 0.682. The standard InChI is InChI=1S/C22H32BrNO3/c1-3-26-21(25)16-24-12-10-22(11-13-24)9-7-18(15-22)8-14-27-20-6-4-5-19(23)17(20)2/h4-6,18H,3,7-16H2,1-2H3/t18-/m0/s1. The summed E-state index contributed by atoms with van der Waals surface area (Å²) in [4.78, 5) is 13.9. The summed E-state index contributed by atoms with van der Waals surface area (Å²) in [6, 6.07) is 6.13. The number of hydrogen-bond donors (Lipinski definition) is 0. The van der Waals surface area contributed by atoms with Crippen LogP contribution in [-0.2, 0) is 9.53 Å². The molecule has 27 heavy (non-hydrogen) atoms. The first kappa shape index (κ1) is 20.7. The molecule has 1 aliphatic carbocycles. The van der Waals surface area contributed by atoms with E-state index in [1.807, 2.05) is 13.0 Å². The van der Waals surface area contributed by atoms with Crippen molar-refractivity contribution in [3.8, 4) is 5.75 Å². The van der Waals surface area contributed by atoms with Gasteiger partial charge in [0.25, 0.3) is 0 Å². The lowest BCUT2D eigenvalue weighted by Crippen LogP contribution is -2.41. The van der Waals surface area contributed by atoms with Crippen LogP contribution in [0.25, 0.3) is 0 Å². The van der Waals surface area contributed by atoms with Crippen LogP contribution in [0.3, 0.4) is 0 Å². The van der Waals surface area contributed by atoms with Crippen LogP contribution in [0.2, 0.25) is 0 Å². The maximum absolute atomic E-state index is 11.7. The Labute approximate surface area is 171 Å². The highest BCUT2D eigenvalue weighted by atomic mass is 79.9. The predicted octanol–water partition coefficient (Wildman–Crippen LogP) is 4.97. The fourth-order valence-corrected chi connectivity index (χ4v) is 5.03. The molecule has 0 unspecified atom stereocenters. The molecule has 1 atom stereocenters. The zero-order valence-corrected chi connectivity index (χ0v) is 18.2. The molecular weight excluding hydrogens is 406 g/mol. The SMILES string of the molecule is CCOC(=O)CN1CCC2(CC[C@@H](CCOc3cccc(Br)c3C)C2)CC1. The normalized spacial score (nSPS) is 22.1. The Morgan fingerprint density at radius 2 is 2.07 bits per heavy atom. The van der Waals surface area contributed by atoms with Crippen molar-refractivity contribution < 1.29 is 14.3 Å². The van der Waals surface area contributed by atoms with E-state index in [0.717, 1.165) is 42.3 Å². The van der Waals surface area contributed by atoms with Crippen molar-refractivity contribution >= 4 is 21.9 Å². The van der Waals surface area contributed by atoms with Gasteiger partial charge < -0.3 is 9.47 Å². The minimum atomic E-state index is -0.0854. The van der Waals surface area contributed by atoms with Gasteiger partial charge in [-0.05, 0) is 88.9 Å². The highest BCUT2D eigenvalue weighted by molar-refractivity contribution is 9.10. The van der Waals surface area contributed by atoms with Gasteiger partial charge in [-0.15, -0.1) is 0 Å². The fourth-order valence-electron chi connectivity index (χ4n) is 4.68. The first-order valence-electron chi connectivity index (χ1n) is 10.3. The van der Waals surface area contributed by atoms with Crippen LogP contribution < -0.4 is 4.74 Å². The summed E-state index contributed by atoms with van der Waals surface area (Å²) < 4.78 is 12.2. The van der Waals surface area contributed by atoms with Gasteiger partial charge in [-0.1, -0.05) is 22.0 Å². The predicted molar refractivity (Wildman–Crippen MR) is 111 cm³/mol. The lowest BCUT2D eigenvalue weighted by atomic mass is 9.76. The molecule has 5 heteroatoms. The Bertz CT molecular complexity index is 640. The Kier molecular flexibility index (Phi) is 7.21. The first-order chi connectivity index (χ1) is 13.0. The Morgan fingerprint density at radius 3 is 2.81 bits per heavy atom. The average Bonchev–Trinajstić information content (AvgIpc) is 3.04. The molecule has 4 nitrogen and oxygen atoms in total. The van der Waals surface area contributed by atoms with Gasteiger partial charge in [-0.25, -0.2) is 0 Å². The van der Waals surface area contributed by atoms with Crippen LogP contribution in [-0.4, -0.2) is 43.7 Å². The van der Waals surface area contributed by atoms with Crippen molar-refractivity contribution in [2.45, 2.75) is 52.4 Å². The van der Waals surface area contributed by atoms with E-state index in [-0.39, 0.29) is 5.97 Å². The molecule has 1 heterocycles. The van der Waals surface area contributed by atoms with Crippen LogP contribution in [0.15, 0.2) is 22.7 Å². The first-order valence-corrected chi connectivity index (χ1v) is 11.1. The van der Waals surface area contributed by atoms with E-state index in [2.05, 4.69) is 39.9 Å².